The Morgan fingerprint density at radius 3 is 2.71 bits per heavy atom. The van der Waals surface area contributed by atoms with Crippen molar-refractivity contribution in [3.8, 4) is 0 Å². The van der Waals surface area contributed by atoms with Crippen molar-refractivity contribution in [2.45, 2.75) is 40.2 Å². The number of guanidine groups is 1. The Balaban J connectivity index is 2.48. The Kier molecular flexibility index (Phi) is 12.7. The number of nitrogens with one attached hydrogen (secondary N) is 3. The molecule has 1 amide bonds. The fourth-order valence-electron chi connectivity index (χ4n) is 2.47. The normalized spacial score (nSPS) is 11.5. The third-order valence-electron chi connectivity index (χ3n) is 3.76. The van der Waals surface area contributed by atoms with Gasteiger partial charge in [0.2, 0.25) is 5.91 Å². The van der Waals surface area contributed by atoms with Gasteiger partial charge in [-0.1, -0.05) is 26.0 Å². The molecule has 0 saturated heterocycles. The zero-order chi connectivity index (χ0) is 20.6. The first-order chi connectivity index (χ1) is 13.5. The van der Waals surface area contributed by atoms with Crippen molar-refractivity contribution >= 4 is 17.6 Å². The first-order valence-corrected chi connectivity index (χ1v) is 10.0. The molecule has 0 heterocycles. The number of aliphatic imine (C=N–C) groups is 1. The lowest BCUT2D eigenvalue weighted by molar-refractivity contribution is -0.116. The molecule has 3 N–H and O–H groups in total. The molecule has 1 rings (SSSR count). The molecule has 0 unspecified atom stereocenters. The van der Waals surface area contributed by atoms with E-state index in [1.54, 1.807) is 7.11 Å². The van der Waals surface area contributed by atoms with Gasteiger partial charge < -0.3 is 25.4 Å². The minimum absolute atomic E-state index is 0.0402. The molecule has 0 aliphatic heterocycles. The van der Waals surface area contributed by atoms with E-state index in [1.165, 1.54) is 0 Å². The molecule has 1 aromatic rings. The minimum Gasteiger partial charge on any atom is -0.382 e. The molecule has 1 aromatic carbocycles. The Morgan fingerprint density at radius 1 is 1.18 bits per heavy atom. The lowest BCUT2D eigenvalue weighted by Gasteiger charge is -2.12. The molecular formula is C21H36N4O3. The van der Waals surface area contributed by atoms with Gasteiger partial charge in [-0.05, 0) is 37.0 Å². The maximum atomic E-state index is 11.9. The van der Waals surface area contributed by atoms with E-state index in [-0.39, 0.29) is 5.91 Å². The summed E-state index contributed by atoms with van der Waals surface area (Å²) >= 11 is 0. The number of hydrogen-bond acceptors (Lipinski definition) is 4. The zero-order valence-electron chi connectivity index (χ0n) is 17.7. The lowest BCUT2D eigenvalue weighted by Crippen LogP contribution is -2.38. The fraction of sp³-hybridized carbons (Fsp3) is 0.619. The maximum Gasteiger partial charge on any atom is 0.224 e. The van der Waals surface area contributed by atoms with Gasteiger partial charge in [0.15, 0.2) is 5.96 Å². The van der Waals surface area contributed by atoms with Crippen LogP contribution < -0.4 is 16.0 Å². The molecule has 0 spiro atoms. The van der Waals surface area contributed by atoms with E-state index in [0.29, 0.717) is 38.7 Å². The standard InChI is InChI=1S/C21H36N4O3/c1-5-22-21(23-10-7-11-28-13-12-27-4)24-16-18-8-6-9-19(15-18)25-20(26)14-17(2)3/h6,8-9,15,17H,5,7,10-14,16H2,1-4H3,(H,25,26)(H2,22,23,24). The number of rotatable bonds is 13. The van der Waals surface area contributed by atoms with Crippen molar-refractivity contribution < 1.29 is 14.3 Å². The lowest BCUT2D eigenvalue weighted by atomic mass is 10.1. The van der Waals surface area contributed by atoms with Crippen LogP contribution in [0, 0.1) is 5.92 Å². The molecule has 0 atom stereocenters. The molecule has 158 valence electrons. The van der Waals surface area contributed by atoms with Crippen molar-refractivity contribution in [2.24, 2.45) is 10.9 Å². The van der Waals surface area contributed by atoms with Gasteiger partial charge in [-0.15, -0.1) is 0 Å². The number of hydrogen-bond donors (Lipinski definition) is 3. The molecule has 7 heteroatoms. The predicted molar refractivity (Wildman–Crippen MR) is 115 cm³/mol. The summed E-state index contributed by atoms with van der Waals surface area (Å²) in [6, 6.07) is 7.82. The first-order valence-electron chi connectivity index (χ1n) is 10.0. The highest BCUT2D eigenvalue weighted by Crippen LogP contribution is 2.13. The van der Waals surface area contributed by atoms with Crippen molar-refractivity contribution in [3.63, 3.8) is 0 Å². The van der Waals surface area contributed by atoms with E-state index in [9.17, 15) is 4.79 Å². The van der Waals surface area contributed by atoms with Crippen LogP contribution in [0.15, 0.2) is 29.3 Å². The number of anilines is 1. The average Bonchev–Trinajstić information content (AvgIpc) is 2.65. The highest BCUT2D eigenvalue weighted by molar-refractivity contribution is 5.90. The Hall–Kier alpha value is -2.12. The van der Waals surface area contributed by atoms with Gasteiger partial charge in [-0.2, -0.15) is 0 Å². The molecule has 28 heavy (non-hydrogen) atoms. The third kappa shape index (κ3) is 11.6. The summed E-state index contributed by atoms with van der Waals surface area (Å²) in [5.41, 5.74) is 1.85. The van der Waals surface area contributed by atoms with E-state index < -0.39 is 0 Å². The summed E-state index contributed by atoms with van der Waals surface area (Å²) in [7, 11) is 1.67. The smallest absolute Gasteiger partial charge is 0.224 e. The van der Waals surface area contributed by atoms with Crippen LogP contribution in [-0.2, 0) is 20.8 Å². The summed E-state index contributed by atoms with van der Waals surface area (Å²) in [6.07, 6.45) is 1.41. The summed E-state index contributed by atoms with van der Waals surface area (Å²) in [6.45, 7) is 10.1. The Morgan fingerprint density at radius 2 is 2.00 bits per heavy atom. The van der Waals surface area contributed by atoms with Gasteiger partial charge in [-0.3, -0.25) is 4.79 Å². The molecule has 7 nitrogen and oxygen atoms in total. The van der Waals surface area contributed by atoms with Gasteiger partial charge in [0.05, 0.1) is 19.8 Å². The maximum absolute atomic E-state index is 11.9. The molecule has 0 aliphatic carbocycles. The topological polar surface area (TPSA) is 84.0 Å². The van der Waals surface area contributed by atoms with E-state index in [0.717, 1.165) is 36.7 Å². The molecule has 0 aliphatic rings. The summed E-state index contributed by atoms with van der Waals surface area (Å²) in [5, 5.41) is 9.50. The fourth-order valence-corrected chi connectivity index (χ4v) is 2.47. The second kappa shape index (κ2) is 14.9. The molecule has 0 fully saturated rings. The van der Waals surface area contributed by atoms with Crippen LogP contribution in [0.5, 0.6) is 0 Å². The summed E-state index contributed by atoms with van der Waals surface area (Å²) in [5.74, 6) is 1.15. The quantitative estimate of drug-likeness (QED) is 0.273. The molecule has 0 bridgehead atoms. The number of carbonyl (C=O) groups is 1. The largest absolute Gasteiger partial charge is 0.382 e. The monoisotopic (exact) mass is 392 g/mol. The summed E-state index contributed by atoms with van der Waals surface area (Å²) in [4.78, 5) is 16.6. The molecule has 0 aromatic heterocycles. The highest BCUT2D eigenvalue weighted by atomic mass is 16.5. The van der Waals surface area contributed by atoms with Gasteiger partial charge in [-0.25, -0.2) is 4.99 Å². The SMILES string of the molecule is CCNC(=NCc1cccc(NC(=O)CC(C)C)c1)NCCCOCCOC. The molecule has 0 saturated carbocycles. The number of nitrogens with zero attached hydrogens (tertiary/aromatic N) is 1. The number of methoxy groups -OCH3 is 1. The van der Waals surface area contributed by atoms with Crippen molar-refractivity contribution in [3.05, 3.63) is 29.8 Å². The number of ether oxygens (including phenoxy) is 2. The number of carbonyl (C=O) groups excluding carboxylic acids is 1. The average molecular weight is 393 g/mol. The van der Waals surface area contributed by atoms with Crippen LogP contribution >= 0.6 is 0 Å². The van der Waals surface area contributed by atoms with Gasteiger partial charge in [0, 0.05) is 38.9 Å². The van der Waals surface area contributed by atoms with Crippen LogP contribution in [0.3, 0.4) is 0 Å². The van der Waals surface area contributed by atoms with Crippen LogP contribution in [-0.4, -0.2) is 51.9 Å². The van der Waals surface area contributed by atoms with Crippen LogP contribution in [0.1, 0.15) is 39.2 Å². The third-order valence-corrected chi connectivity index (χ3v) is 3.76. The van der Waals surface area contributed by atoms with E-state index in [4.69, 9.17) is 9.47 Å². The predicted octanol–water partition coefficient (Wildman–Crippen LogP) is 2.78. The van der Waals surface area contributed by atoms with E-state index in [1.807, 2.05) is 45.0 Å². The van der Waals surface area contributed by atoms with Crippen molar-refractivity contribution in [1.82, 2.24) is 10.6 Å². The van der Waals surface area contributed by atoms with E-state index >= 15 is 0 Å². The highest BCUT2D eigenvalue weighted by Gasteiger charge is 2.05. The molecule has 0 radical (unpaired) electrons. The van der Waals surface area contributed by atoms with Crippen molar-refractivity contribution in [2.75, 3.05) is 45.3 Å². The van der Waals surface area contributed by atoms with Crippen LogP contribution in [0.25, 0.3) is 0 Å². The van der Waals surface area contributed by atoms with Gasteiger partial charge >= 0.3 is 0 Å². The number of benzene rings is 1. The van der Waals surface area contributed by atoms with Gasteiger partial charge in [0.1, 0.15) is 0 Å². The Labute approximate surface area is 169 Å². The Bertz CT molecular complexity index is 591. The first kappa shape index (κ1) is 23.9. The van der Waals surface area contributed by atoms with Crippen molar-refractivity contribution in [1.29, 1.82) is 0 Å². The van der Waals surface area contributed by atoms with Crippen LogP contribution in [0.2, 0.25) is 0 Å². The zero-order valence-corrected chi connectivity index (χ0v) is 17.7. The number of amides is 1. The summed E-state index contributed by atoms with van der Waals surface area (Å²) < 4.78 is 10.4. The van der Waals surface area contributed by atoms with Crippen LogP contribution in [0.4, 0.5) is 5.69 Å². The minimum atomic E-state index is 0.0402. The second-order valence-electron chi connectivity index (χ2n) is 6.93. The van der Waals surface area contributed by atoms with E-state index in [2.05, 4.69) is 20.9 Å². The second-order valence-corrected chi connectivity index (χ2v) is 6.93. The molecular weight excluding hydrogens is 356 g/mol. The van der Waals surface area contributed by atoms with Gasteiger partial charge in [0.25, 0.3) is 0 Å².